The van der Waals surface area contributed by atoms with Crippen LogP contribution in [0.2, 0.25) is 0 Å². The van der Waals surface area contributed by atoms with Crippen LogP contribution in [0.5, 0.6) is 0 Å². The van der Waals surface area contributed by atoms with E-state index in [1.807, 2.05) is 23.1 Å². The van der Waals surface area contributed by atoms with Gasteiger partial charge in [-0.05, 0) is 60.7 Å². The molecular formula is C23H27BrN4O4S. The molecule has 2 N–H and O–H groups in total. The van der Waals surface area contributed by atoms with Crippen LogP contribution in [0.1, 0.15) is 25.7 Å². The summed E-state index contributed by atoms with van der Waals surface area (Å²) < 4.78 is 29.6. The van der Waals surface area contributed by atoms with Crippen molar-refractivity contribution in [2.45, 2.75) is 48.7 Å². The molecule has 10 heteroatoms. The number of sulfonamides is 1. The number of nitrogens with zero attached hydrogens (tertiary/aromatic N) is 2. The summed E-state index contributed by atoms with van der Waals surface area (Å²) in [7, 11) is -3.89. The largest absolute Gasteiger partial charge is 0.333 e. The summed E-state index contributed by atoms with van der Waals surface area (Å²) in [5.74, 6) is -0.369. The fourth-order valence-corrected chi connectivity index (χ4v) is 6.89. The molecular weight excluding hydrogens is 508 g/mol. The standard InChI is InChI=1S/C23H27BrN4O4S/c24-17-5-3-16-11-20(8-4-15(16)10-17)33(31,32)26-21-2-1-9-27(23(21)30)14-22(29)28-18-6-7-19(28)13-25-12-18/h3-5,8,10-11,18-19,21,25-26H,1-2,6-7,9,12-14H2/t18?,19?,21-/m0/s1. The molecule has 5 rings (SSSR count). The predicted octanol–water partition coefficient (Wildman–Crippen LogP) is 1.83. The number of halogens is 1. The summed E-state index contributed by atoms with van der Waals surface area (Å²) in [5.41, 5.74) is 0. The zero-order chi connectivity index (χ0) is 23.2. The summed E-state index contributed by atoms with van der Waals surface area (Å²) in [4.78, 5) is 29.7. The fourth-order valence-electron chi connectivity index (χ4n) is 5.25. The summed E-state index contributed by atoms with van der Waals surface area (Å²) in [5, 5.41) is 5.07. The molecule has 0 aliphatic carbocycles. The maximum atomic E-state index is 13.1. The first-order valence-electron chi connectivity index (χ1n) is 11.3. The highest BCUT2D eigenvalue weighted by atomic mass is 79.9. The Morgan fingerprint density at radius 3 is 2.52 bits per heavy atom. The second-order valence-corrected chi connectivity index (χ2v) is 11.7. The Morgan fingerprint density at radius 2 is 1.76 bits per heavy atom. The van der Waals surface area contributed by atoms with E-state index in [4.69, 9.17) is 0 Å². The molecule has 3 saturated heterocycles. The Hall–Kier alpha value is -2.01. The number of carbonyl (C=O) groups is 2. The van der Waals surface area contributed by atoms with E-state index in [2.05, 4.69) is 26.0 Å². The van der Waals surface area contributed by atoms with E-state index in [0.717, 1.165) is 41.2 Å². The van der Waals surface area contributed by atoms with Crippen LogP contribution in [-0.4, -0.2) is 74.3 Å². The zero-order valence-electron chi connectivity index (χ0n) is 18.2. The smallest absolute Gasteiger partial charge is 0.242 e. The first-order valence-corrected chi connectivity index (χ1v) is 13.6. The van der Waals surface area contributed by atoms with E-state index in [0.29, 0.717) is 19.4 Å². The number of piperidine rings is 1. The van der Waals surface area contributed by atoms with Crippen molar-refractivity contribution >= 4 is 48.5 Å². The van der Waals surface area contributed by atoms with Crippen molar-refractivity contribution in [3.05, 3.63) is 40.9 Å². The zero-order valence-corrected chi connectivity index (χ0v) is 20.6. The van der Waals surface area contributed by atoms with Crippen molar-refractivity contribution in [1.29, 1.82) is 0 Å². The van der Waals surface area contributed by atoms with Gasteiger partial charge in [-0.1, -0.05) is 28.1 Å². The predicted molar refractivity (Wildman–Crippen MR) is 128 cm³/mol. The molecule has 2 aromatic carbocycles. The molecule has 0 saturated carbocycles. The monoisotopic (exact) mass is 534 g/mol. The normalized spacial score (nSPS) is 25.6. The highest BCUT2D eigenvalue weighted by Gasteiger charge is 2.41. The molecule has 2 bridgehead atoms. The van der Waals surface area contributed by atoms with E-state index >= 15 is 0 Å². The van der Waals surface area contributed by atoms with Gasteiger partial charge in [0.1, 0.15) is 6.04 Å². The van der Waals surface area contributed by atoms with E-state index < -0.39 is 16.1 Å². The van der Waals surface area contributed by atoms with E-state index in [1.165, 1.54) is 4.90 Å². The molecule has 3 aliphatic heterocycles. The lowest BCUT2D eigenvalue weighted by Gasteiger charge is -2.38. The van der Waals surface area contributed by atoms with Gasteiger partial charge in [-0.25, -0.2) is 8.42 Å². The number of benzene rings is 2. The molecule has 2 aromatic rings. The van der Waals surface area contributed by atoms with Gasteiger partial charge in [-0.2, -0.15) is 4.72 Å². The quantitative estimate of drug-likeness (QED) is 0.609. The molecule has 3 fully saturated rings. The van der Waals surface area contributed by atoms with Gasteiger partial charge in [-0.15, -0.1) is 0 Å². The Bertz CT molecular complexity index is 1190. The molecule has 3 aliphatic rings. The van der Waals surface area contributed by atoms with Crippen molar-refractivity contribution in [3.63, 3.8) is 0 Å². The van der Waals surface area contributed by atoms with Crippen molar-refractivity contribution in [2.24, 2.45) is 0 Å². The van der Waals surface area contributed by atoms with Crippen molar-refractivity contribution in [1.82, 2.24) is 19.8 Å². The van der Waals surface area contributed by atoms with Crippen LogP contribution in [0, 0.1) is 0 Å². The van der Waals surface area contributed by atoms with Crippen LogP contribution in [0.25, 0.3) is 10.8 Å². The second-order valence-electron chi connectivity index (χ2n) is 9.07. The Balaban J connectivity index is 1.28. The van der Waals surface area contributed by atoms with Crippen LogP contribution in [0.4, 0.5) is 0 Å². The molecule has 3 atom stereocenters. The first kappa shape index (κ1) is 22.8. The van der Waals surface area contributed by atoms with Gasteiger partial charge in [0.25, 0.3) is 0 Å². The highest BCUT2D eigenvalue weighted by molar-refractivity contribution is 9.10. The van der Waals surface area contributed by atoms with Gasteiger partial charge in [-0.3, -0.25) is 9.59 Å². The fraction of sp³-hybridized carbons (Fsp3) is 0.478. The molecule has 2 amide bonds. The third kappa shape index (κ3) is 4.53. The number of hydrogen-bond acceptors (Lipinski definition) is 5. The van der Waals surface area contributed by atoms with E-state index in [9.17, 15) is 18.0 Å². The average molecular weight is 535 g/mol. The summed E-state index contributed by atoms with van der Waals surface area (Å²) in [6.45, 7) is 2.06. The third-order valence-corrected chi connectivity index (χ3v) is 8.87. The maximum Gasteiger partial charge on any atom is 0.242 e. The molecule has 3 heterocycles. The molecule has 0 aromatic heterocycles. The molecule has 8 nitrogen and oxygen atoms in total. The SMILES string of the molecule is O=C1[C@@H](NS(=O)(=O)c2ccc3cc(Br)ccc3c2)CCCN1CC(=O)N1C2CCC1CNC2. The lowest BCUT2D eigenvalue weighted by molar-refractivity contribution is -0.145. The van der Waals surface area contributed by atoms with Crippen molar-refractivity contribution < 1.29 is 18.0 Å². The summed E-state index contributed by atoms with van der Waals surface area (Å²) >= 11 is 3.42. The molecule has 33 heavy (non-hydrogen) atoms. The number of fused-ring (bicyclic) bond motifs is 3. The minimum atomic E-state index is -3.89. The van der Waals surface area contributed by atoms with Gasteiger partial charge < -0.3 is 15.1 Å². The highest BCUT2D eigenvalue weighted by Crippen LogP contribution is 2.27. The Labute approximate surface area is 201 Å². The maximum absolute atomic E-state index is 13.1. The lowest BCUT2D eigenvalue weighted by atomic mass is 10.1. The Morgan fingerprint density at radius 1 is 1.06 bits per heavy atom. The van der Waals surface area contributed by atoms with Crippen molar-refractivity contribution in [3.8, 4) is 0 Å². The Kier molecular flexibility index (Phi) is 6.19. The van der Waals surface area contributed by atoms with Crippen LogP contribution >= 0.6 is 15.9 Å². The lowest BCUT2D eigenvalue weighted by Crippen LogP contribution is -2.59. The number of amides is 2. The average Bonchev–Trinajstić information content (AvgIpc) is 3.04. The minimum absolute atomic E-state index is 0.00884. The number of carbonyl (C=O) groups excluding carboxylic acids is 2. The number of piperazine rings is 1. The topological polar surface area (TPSA) is 98.8 Å². The van der Waals surface area contributed by atoms with E-state index in [-0.39, 0.29) is 35.3 Å². The second kappa shape index (κ2) is 8.98. The van der Waals surface area contributed by atoms with Gasteiger partial charge in [0.2, 0.25) is 21.8 Å². The summed E-state index contributed by atoms with van der Waals surface area (Å²) in [6.07, 6.45) is 3.04. The minimum Gasteiger partial charge on any atom is -0.333 e. The summed E-state index contributed by atoms with van der Waals surface area (Å²) in [6, 6.07) is 10.1. The third-order valence-electron chi connectivity index (χ3n) is 6.91. The van der Waals surface area contributed by atoms with Crippen LogP contribution in [-0.2, 0) is 19.6 Å². The molecule has 0 spiro atoms. The molecule has 176 valence electrons. The number of likely N-dealkylation sites (tertiary alicyclic amines) is 1. The van der Waals surface area contributed by atoms with Gasteiger partial charge in [0, 0.05) is 36.2 Å². The van der Waals surface area contributed by atoms with Gasteiger partial charge in [0.05, 0.1) is 11.4 Å². The van der Waals surface area contributed by atoms with Crippen LogP contribution in [0.3, 0.4) is 0 Å². The van der Waals surface area contributed by atoms with Crippen molar-refractivity contribution in [2.75, 3.05) is 26.2 Å². The van der Waals surface area contributed by atoms with Crippen LogP contribution < -0.4 is 10.0 Å². The molecule has 0 radical (unpaired) electrons. The number of hydrogen-bond donors (Lipinski definition) is 2. The van der Waals surface area contributed by atoms with E-state index in [1.54, 1.807) is 18.2 Å². The van der Waals surface area contributed by atoms with Crippen LogP contribution in [0.15, 0.2) is 45.8 Å². The molecule has 2 unspecified atom stereocenters. The number of rotatable bonds is 5. The first-order chi connectivity index (χ1) is 15.8. The van der Waals surface area contributed by atoms with Gasteiger partial charge in [0.15, 0.2) is 0 Å². The number of nitrogens with one attached hydrogen (secondary N) is 2. The van der Waals surface area contributed by atoms with Gasteiger partial charge >= 0.3 is 0 Å².